The lowest BCUT2D eigenvalue weighted by Gasteiger charge is -2.39. The number of nitrogens with two attached hydrogens (primary N) is 1. The van der Waals surface area contributed by atoms with E-state index in [1.165, 1.54) is 18.5 Å². The van der Waals surface area contributed by atoms with Crippen LogP contribution >= 0.6 is 11.3 Å². The normalized spacial score (nSPS) is 31.9. The summed E-state index contributed by atoms with van der Waals surface area (Å²) in [5.41, 5.74) is 7.56. The van der Waals surface area contributed by atoms with Gasteiger partial charge >= 0.3 is 0 Å². The molecule has 0 bridgehead atoms. The maximum Gasteiger partial charge on any atom is 0.0897 e. The van der Waals surface area contributed by atoms with Crippen LogP contribution in [0.15, 0.2) is 5.38 Å². The standard InChI is InChI=1S/C15H27N3S/c1-10-5-11(2)14(15(16)6-10)8-18(4)7-13-9-19-12(3)17-13/h9-11,14-15H,5-8,16H2,1-4H3. The summed E-state index contributed by atoms with van der Waals surface area (Å²) >= 11 is 1.73. The van der Waals surface area contributed by atoms with Crippen LogP contribution in [0.3, 0.4) is 0 Å². The summed E-state index contributed by atoms with van der Waals surface area (Å²) in [4.78, 5) is 6.92. The summed E-state index contributed by atoms with van der Waals surface area (Å²) < 4.78 is 0. The topological polar surface area (TPSA) is 42.2 Å². The first-order valence-corrected chi connectivity index (χ1v) is 8.18. The summed E-state index contributed by atoms with van der Waals surface area (Å²) in [6.07, 6.45) is 2.50. The second-order valence-corrected chi connectivity index (χ2v) is 7.50. The molecule has 0 aromatic carbocycles. The fourth-order valence-corrected chi connectivity index (χ4v) is 4.07. The van der Waals surface area contributed by atoms with Crippen LogP contribution in [0, 0.1) is 24.7 Å². The first kappa shape index (κ1) is 14.9. The molecular formula is C15H27N3S. The summed E-state index contributed by atoms with van der Waals surface area (Å²) in [5.74, 6) is 2.15. The molecule has 1 fully saturated rings. The number of aryl methyl sites for hydroxylation is 1. The van der Waals surface area contributed by atoms with Crippen LogP contribution in [0.25, 0.3) is 0 Å². The SMILES string of the molecule is Cc1nc(CN(C)CC2C(C)CC(C)CC2N)cs1. The van der Waals surface area contributed by atoms with E-state index in [2.05, 4.69) is 43.1 Å². The van der Waals surface area contributed by atoms with Gasteiger partial charge in [0.1, 0.15) is 0 Å². The Balaban J connectivity index is 1.89. The van der Waals surface area contributed by atoms with Gasteiger partial charge in [0.2, 0.25) is 0 Å². The van der Waals surface area contributed by atoms with Crippen LogP contribution < -0.4 is 5.73 Å². The summed E-state index contributed by atoms with van der Waals surface area (Å²) in [7, 11) is 2.19. The van der Waals surface area contributed by atoms with Crippen molar-refractivity contribution in [3.63, 3.8) is 0 Å². The Labute approximate surface area is 121 Å². The number of aromatic nitrogens is 1. The van der Waals surface area contributed by atoms with Gasteiger partial charge in [-0.2, -0.15) is 0 Å². The molecule has 0 amide bonds. The van der Waals surface area contributed by atoms with Crippen molar-refractivity contribution in [3.8, 4) is 0 Å². The third-order valence-corrected chi connectivity index (χ3v) is 5.17. The molecule has 0 radical (unpaired) electrons. The Morgan fingerprint density at radius 3 is 2.74 bits per heavy atom. The van der Waals surface area contributed by atoms with E-state index in [1.54, 1.807) is 11.3 Å². The molecule has 0 saturated heterocycles. The zero-order valence-electron chi connectivity index (χ0n) is 12.6. The van der Waals surface area contributed by atoms with Crippen molar-refractivity contribution in [2.24, 2.45) is 23.5 Å². The van der Waals surface area contributed by atoms with Crippen molar-refractivity contribution in [1.29, 1.82) is 0 Å². The molecule has 1 aromatic heterocycles. The number of thiazole rings is 1. The quantitative estimate of drug-likeness (QED) is 0.922. The van der Waals surface area contributed by atoms with Crippen molar-refractivity contribution < 1.29 is 0 Å². The third-order valence-electron chi connectivity index (χ3n) is 4.35. The molecule has 0 spiro atoms. The maximum absolute atomic E-state index is 6.37. The average Bonchev–Trinajstić information content (AvgIpc) is 2.69. The third kappa shape index (κ3) is 4.01. The fraction of sp³-hybridized carbons (Fsp3) is 0.800. The summed E-state index contributed by atoms with van der Waals surface area (Å²) in [6.45, 7) is 8.78. The van der Waals surface area contributed by atoms with Gasteiger partial charge < -0.3 is 10.6 Å². The van der Waals surface area contributed by atoms with Crippen molar-refractivity contribution in [2.45, 2.75) is 46.2 Å². The Bertz CT molecular complexity index is 392. The molecule has 19 heavy (non-hydrogen) atoms. The highest BCUT2D eigenvalue weighted by Gasteiger charge is 2.32. The Kier molecular flexibility index (Phi) is 4.98. The Morgan fingerprint density at radius 1 is 1.42 bits per heavy atom. The smallest absolute Gasteiger partial charge is 0.0897 e. The van der Waals surface area contributed by atoms with Gasteiger partial charge in [-0.05, 0) is 44.6 Å². The van der Waals surface area contributed by atoms with E-state index in [4.69, 9.17) is 5.73 Å². The highest BCUT2D eigenvalue weighted by atomic mass is 32.1. The fourth-order valence-electron chi connectivity index (χ4n) is 3.46. The molecule has 2 rings (SSSR count). The van der Waals surface area contributed by atoms with Gasteiger partial charge in [-0.3, -0.25) is 0 Å². The minimum absolute atomic E-state index is 0.360. The largest absolute Gasteiger partial charge is 0.327 e. The van der Waals surface area contributed by atoms with E-state index in [1.807, 2.05) is 0 Å². The van der Waals surface area contributed by atoms with Gasteiger partial charge in [0.05, 0.1) is 10.7 Å². The number of hydrogen-bond acceptors (Lipinski definition) is 4. The van der Waals surface area contributed by atoms with Crippen LogP contribution in [0.2, 0.25) is 0 Å². The second-order valence-electron chi connectivity index (χ2n) is 6.44. The van der Waals surface area contributed by atoms with E-state index in [0.717, 1.165) is 29.9 Å². The zero-order chi connectivity index (χ0) is 14.0. The van der Waals surface area contributed by atoms with Crippen LogP contribution in [0.5, 0.6) is 0 Å². The molecule has 1 saturated carbocycles. The first-order chi connectivity index (χ1) is 8.95. The lowest BCUT2D eigenvalue weighted by atomic mass is 9.72. The lowest BCUT2D eigenvalue weighted by molar-refractivity contribution is 0.127. The van der Waals surface area contributed by atoms with E-state index in [-0.39, 0.29) is 0 Å². The maximum atomic E-state index is 6.37. The first-order valence-electron chi connectivity index (χ1n) is 7.30. The van der Waals surface area contributed by atoms with E-state index in [0.29, 0.717) is 12.0 Å². The summed E-state index contributed by atoms with van der Waals surface area (Å²) in [5, 5.41) is 3.32. The Morgan fingerprint density at radius 2 is 2.16 bits per heavy atom. The van der Waals surface area contributed by atoms with Crippen LogP contribution in [0.4, 0.5) is 0 Å². The van der Waals surface area contributed by atoms with Crippen LogP contribution in [0.1, 0.15) is 37.4 Å². The van der Waals surface area contributed by atoms with Gasteiger partial charge in [-0.1, -0.05) is 13.8 Å². The van der Waals surface area contributed by atoms with Crippen molar-refractivity contribution >= 4 is 11.3 Å². The molecule has 4 unspecified atom stereocenters. The lowest BCUT2D eigenvalue weighted by Crippen LogP contribution is -2.45. The Hall–Kier alpha value is -0.450. The highest BCUT2D eigenvalue weighted by molar-refractivity contribution is 7.09. The second kappa shape index (κ2) is 6.33. The minimum Gasteiger partial charge on any atom is -0.327 e. The van der Waals surface area contributed by atoms with E-state index < -0.39 is 0 Å². The van der Waals surface area contributed by atoms with Crippen molar-refractivity contribution in [2.75, 3.05) is 13.6 Å². The number of hydrogen-bond donors (Lipinski definition) is 1. The summed E-state index contributed by atoms with van der Waals surface area (Å²) in [6, 6.07) is 0.360. The monoisotopic (exact) mass is 281 g/mol. The molecule has 1 aliphatic rings. The molecule has 2 N–H and O–H groups in total. The minimum atomic E-state index is 0.360. The van der Waals surface area contributed by atoms with Gasteiger partial charge in [-0.25, -0.2) is 4.98 Å². The van der Waals surface area contributed by atoms with Gasteiger partial charge in [0.15, 0.2) is 0 Å². The number of rotatable bonds is 4. The van der Waals surface area contributed by atoms with Crippen molar-refractivity contribution in [1.82, 2.24) is 9.88 Å². The van der Waals surface area contributed by atoms with Crippen molar-refractivity contribution in [3.05, 3.63) is 16.1 Å². The van der Waals surface area contributed by atoms with E-state index >= 15 is 0 Å². The van der Waals surface area contributed by atoms with Gasteiger partial charge in [-0.15, -0.1) is 11.3 Å². The van der Waals surface area contributed by atoms with Crippen LogP contribution in [-0.2, 0) is 6.54 Å². The van der Waals surface area contributed by atoms with Gasteiger partial charge in [0, 0.05) is 24.5 Å². The molecule has 4 heteroatoms. The van der Waals surface area contributed by atoms with E-state index in [9.17, 15) is 0 Å². The molecule has 1 aromatic rings. The predicted octanol–water partition coefficient (Wildman–Crippen LogP) is 2.89. The molecule has 4 atom stereocenters. The average molecular weight is 281 g/mol. The molecular weight excluding hydrogens is 254 g/mol. The molecule has 1 heterocycles. The predicted molar refractivity (Wildman–Crippen MR) is 82.2 cm³/mol. The molecule has 1 aliphatic carbocycles. The zero-order valence-corrected chi connectivity index (χ0v) is 13.4. The molecule has 108 valence electrons. The molecule has 0 aliphatic heterocycles. The molecule has 3 nitrogen and oxygen atoms in total. The highest BCUT2D eigenvalue weighted by Crippen LogP contribution is 2.33. The van der Waals surface area contributed by atoms with Gasteiger partial charge in [0.25, 0.3) is 0 Å². The van der Waals surface area contributed by atoms with Crippen LogP contribution in [-0.4, -0.2) is 29.5 Å². The number of nitrogens with zero attached hydrogens (tertiary/aromatic N) is 2.